The number of nitrogens with one attached hydrogen (secondary N) is 2. The molecular formula is C20H26N2O2S. The largest absolute Gasteiger partial charge is 0.385 e. The molecule has 0 unspecified atom stereocenters. The number of fused-ring (bicyclic) bond motifs is 1. The van der Waals surface area contributed by atoms with Gasteiger partial charge in [0.1, 0.15) is 0 Å². The first-order chi connectivity index (χ1) is 11.9. The van der Waals surface area contributed by atoms with Crippen molar-refractivity contribution in [2.45, 2.75) is 44.4 Å². The summed E-state index contributed by atoms with van der Waals surface area (Å²) in [7, 11) is -3.56. The fraction of sp³-hybridized carbons (Fsp3) is 0.400. The third-order valence-corrected chi connectivity index (χ3v) is 5.86. The van der Waals surface area contributed by atoms with E-state index in [1.165, 1.54) is 17.5 Å². The van der Waals surface area contributed by atoms with Crippen LogP contribution in [-0.2, 0) is 22.9 Å². The lowest BCUT2D eigenvalue weighted by molar-refractivity contribution is 0.600. The van der Waals surface area contributed by atoms with Crippen LogP contribution in [0.2, 0.25) is 0 Å². The Balaban J connectivity index is 1.73. The fourth-order valence-electron chi connectivity index (χ4n) is 3.07. The Kier molecular flexibility index (Phi) is 5.33. The summed E-state index contributed by atoms with van der Waals surface area (Å²) in [5.74, 6) is 0.558. The minimum atomic E-state index is -3.56. The van der Waals surface area contributed by atoms with Gasteiger partial charge >= 0.3 is 0 Å². The van der Waals surface area contributed by atoms with Crippen LogP contribution in [0.5, 0.6) is 0 Å². The van der Waals surface area contributed by atoms with Crippen molar-refractivity contribution in [3.63, 3.8) is 0 Å². The quantitative estimate of drug-likeness (QED) is 0.803. The molecule has 0 bridgehead atoms. The van der Waals surface area contributed by atoms with Crippen LogP contribution in [0.25, 0.3) is 0 Å². The molecule has 0 radical (unpaired) electrons. The number of benzene rings is 2. The molecule has 0 saturated carbocycles. The highest BCUT2D eigenvalue weighted by Gasteiger charge is 2.17. The van der Waals surface area contributed by atoms with Gasteiger partial charge in [0, 0.05) is 17.9 Å². The normalized spacial score (nSPS) is 14.2. The summed E-state index contributed by atoms with van der Waals surface area (Å²) in [5, 5.41) is 3.32. The number of rotatable bonds is 6. The number of hydrogen-bond acceptors (Lipinski definition) is 3. The van der Waals surface area contributed by atoms with Gasteiger partial charge in [-0.2, -0.15) is 0 Å². The van der Waals surface area contributed by atoms with Crippen molar-refractivity contribution in [1.29, 1.82) is 0 Å². The van der Waals surface area contributed by atoms with Gasteiger partial charge in [-0.25, -0.2) is 8.42 Å². The Labute approximate surface area is 150 Å². The van der Waals surface area contributed by atoms with E-state index in [2.05, 4.69) is 23.9 Å². The molecule has 1 aliphatic rings. The summed E-state index contributed by atoms with van der Waals surface area (Å²) >= 11 is 0. The second kappa shape index (κ2) is 7.48. The molecule has 25 heavy (non-hydrogen) atoms. The maximum absolute atomic E-state index is 12.7. The SMILES string of the molecule is CC(C)CNc1ccc(NS(=O)(=O)c2ccc3c(c2)CCCC3)cc1. The van der Waals surface area contributed by atoms with Gasteiger partial charge in [-0.15, -0.1) is 0 Å². The molecule has 5 heteroatoms. The van der Waals surface area contributed by atoms with Crippen LogP contribution in [-0.4, -0.2) is 15.0 Å². The first-order valence-corrected chi connectivity index (χ1v) is 10.4. The van der Waals surface area contributed by atoms with E-state index in [9.17, 15) is 8.42 Å². The lowest BCUT2D eigenvalue weighted by Gasteiger charge is -2.17. The van der Waals surface area contributed by atoms with Gasteiger partial charge in [0.15, 0.2) is 0 Å². The van der Waals surface area contributed by atoms with Gasteiger partial charge in [0.2, 0.25) is 0 Å². The smallest absolute Gasteiger partial charge is 0.261 e. The molecule has 0 aliphatic heterocycles. The van der Waals surface area contributed by atoms with E-state index < -0.39 is 10.0 Å². The molecule has 0 aromatic heterocycles. The highest BCUT2D eigenvalue weighted by molar-refractivity contribution is 7.92. The second-order valence-corrected chi connectivity index (χ2v) is 8.78. The monoisotopic (exact) mass is 358 g/mol. The molecule has 2 aromatic carbocycles. The highest BCUT2D eigenvalue weighted by atomic mass is 32.2. The van der Waals surface area contributed by atoms with Gasteiger partial charge < -0.3 is 5.32 Å². The van der Waals surface area contributed by atoms with Crippen molar-refractivity contribution in [1.82, 2.24) is 0 Å². The maximum Gasteiger partial charge on any atom is 0.261 e. The van der Waals surface area contributed by atoms with E-state index >= 15 is 0 Å². The molecule has 1 aliphatic carbocycles. The van der Waals surface area contributed by atoms with Gasteiger partial charge in [0.05, 0.1) is 4.90 Å². The molecule has 0 saturated heterocycles. The summed E-state index contributed by atoms with van der Waals surface area (Å²) < 4.78 is 28.0. The fourth-order valence-corrected chi connectivity index (χ4v) is 4.18. The van der Waals surface area contributed by atoms with Crippen LogP contribution in [0.15, 0.2) is 47.4 Å². The number of aryl methyl sites for hydroxylation is 2. The van der Waals surface area contributed by atoms with Crippen molar-refractivity contribution < 1.29 is 8.42 Å². The molecule has 4 nitrogen and oxygen atoms in total. The van der Waals surface area contributed by atoms with Crippen LogP contribution < -0.4 is 10.0 Å². The molecular weight excluding hydrogens is 332 g/mol. The van der Waals surface area contributed by atoms with Crippen molar-refractivity contribution in [3.05, 3.63) is 53.6 Å². The van der Waals surface area contributed by atoms with E-state index in [1.54, 1.807) is 18.2 Å². The maximum atomic E-state index is 12.7. The number of anilines is 2. The zero-order valence-electron chi connectivity index (χ0n) is 14.9. The summed E-state index contributed by atoms with van der Waals surface area (Å²) in [6, 6.07) is 12.9. The molecule has 0 spiro atoms. The Morgan fingerprint density at radius 3 is 2.24 bits per heavy atom. The Morgan fingerprint density at radius 1 is 0.920 bits per heavy atom. The molecule has 0 fully saturated rings. The van der Waals surface area contributed by atoms with Crippen molar-refractivity contribution in [2.24, 2.45) is 5.92 Å². The topological polar surface area (TPSA) is 58.2 Å². The number of sulfonamides is 1. The molecule has 0 heterocycles. The third-order valence-electron chi connectivity index (χ3n) is 4.48. The lowest BCUT2D eigenvalue weighted by Crippen LogP contribution is -2.14. The zero-order valence-corrected chi connectivity index (χ0v) is 15.7. The van der Waals surface area contributed by atoms with Gasteiger partial charge in [-0.3, -0.25) is 4.72 Å². The summed E-state index contributed by atoms with van der Waals surface area (Å²) in [6.45, 7) is 5.18. The minimum absolute atomic E-state index is 0.343. The predicted octanol–water partition coefficient (Wildman–Crippen LogP) is 4.43. The van der Waals surface area contributed by atoms with Crippen molar-refractivity contribution in [3.8, 4) is 0 Å². The Bertz CT molecular complexity index is 827. The Morgan fingerprint density at radius 2 is 1.56 bits per heavy atom. The van der Waals surface area contributed by atoms with Gasteiger partial charge in [-0.1, -0.05) is 19.9 Å². The molecule has 2 aromatic rings. The van der Waals surface area contributed by atoms with Crippen LogP contribution >= 0.6 is 0 Å². The van der Waals surface area contributed by atoms with Crippen LogP contribution in [0, 0.1) is 5.92 Å². The van der Waals surface area contributed by atoms with Crippen molar-refractivity contribution >= 4 is 21.4 Å². The zero-order chi connectivity index (χ0) is 17.9. The average Bonchev–Trinajstić information content (AvgIpc) is 2.60. The minimum Gasteiger partial charge on any atom is -0.385 e. The standard InChI is InChI=1S/C20H26N2O2S/c1-15(2)14-21-18-8-10-19(11-9-18)22-25(23,24)20-12-7-16-5-3-4-6-17(16)13-20/h7-13,15,21-22H,3-6,14H2,1-2H3. The van der Waals surface area contributed by atoms with Crippen LogP contribution in [0.3, 0.4) is 0 Å². The molecule has 3 rings (SSSR count). The predicted molar refractivity (Wildman–Crippen MR) is 104 cm³/mol. The van der Waals surface area contributed by atoms with Gasteiger partial charge in [-0.05, 0) is 79.1 Å². The first-order valence-electron chi connectivity index (χ1n) is 8.92. The van der Waals surface area contributed by atoms with Gasteiger partial charge in [0.25, 0.3) is 10.0 Å². The average molecular weight is 359 g/mol. The van der Waals surface area contributed by atoms with E-state index in [-0.39, 0.29) is 0 Å². The highest BCUT2D eigenvalue weighted by Crippen LogP contribution is 2.25. The summed E-state index contributed by atoms with van der Waals surface area (Å²) in [4.78, 5) is 0.343. The second-order valence-electron chi connectivity index (χ2n) is 7.10. The Hall–Kier alpha value is -2.01. The summed E-state index contributed by atoms with van der Waals surface area (Å²) in [6.07, 6.45) is 4.34. The molecule has 2 N–H and O–H groups in total. The lowest BCUT2D eigenvalue weighted by atomic mass is 9.92. The molecule has 0 atom stereocenters. The first kappa shape index (κ1) is 17.8. The van der Waals surface area contributed by atoms with Crippen LogP contribution in [0.1, 0.15) is 37.8 Å². The van der Waals surface area contributed by atoms with E-state index in [1.807, 2.05) is 24.3 Å². The molecule has 134 valence electrons. The third kappa shape index (κ3) is 4.54. The van der Waals surface area contributed by atoms with Crippen LogP contribution in [0.4, 0.5) is 11.4 Å². The van der Waals surface area contributed by atoms with E-state index in [0.29, 0.717) is 16.5 Å². The van der Waals surface area contributed by atoms with E-state index in [4.69, 9.17) is 0 Å². The number of hydrogen-bond donors (Lipinski definition) is 2. The molecule has 0 amide bonds. The van der Waals surface area contributed by atoms with Crippen molar-refractivity contribution in [2.75, 3.05) is 16.6 Å². The summed E-state index contributed by atoms with van der Waals surface area (Å²) in [5.41, 5.74) is 4.02. The van der Waals surface area contributed by atoms with E-state index in [0.717, 1.165) is 31.5 Å².